The molecule has 0 saturated carbocycles. The molecule has 0 aliphatic rings. The fourth-order valence-corrected chi connectivity index (χ4v) is 0.173. The fourth-order valence-electron chi connectivity index (χ4n) is 0.173. The van der Waals surface area contributed by atoms with Crippen molar-refractivity contribution in [2.24, 2.45) is 0 Å². The van der Waals surface area contributed by atoms with Crippen molar-refractivity contribution in [2.45, 2.75) is 39.1 Å². The first-order valence-corrected chi connectivity index (χ1v) is 8.19. The molecule has 0 aromatic carbocycles. The van der Waals surface area contributed by atoms with Crippen LogP contribution in [0, 0.1) is 0 Å². The lowest BCUT2D eigenvalue weighted by Crippen LogP contribution is -2.15. The third-order valence-corrected chi connectivity index (χ3v) is 1.26. The Morgan fingerprint density at radius 3 is 0.444 bits per heavy atom. The van der Waals surface area contributed by atoms with Gasteiger partial charge >= 0.3 is 0 Å². The summed E-state index contributed by atoms with van der Waals surface area (Å²) < 4.78 is 0. The van der Waals surface area contributed by atoms with Crippen LogP contribution in [0.25, 0.3) is 0 Å². The molecule has 174 valence electrons. The summed E-state index contributed by atoms with van der Waals surface area (Å²) >= 11 is 0. The van der Waals surface area contributed by atoms with E-state index < -0.39 is 18.3 Å². The van der Waals surface area contributed by atoms with E-state index in [9.17, 15) is 0 Å². The van der Waals surface area contributed by atoms with Gasteiger partial charge in [0.2, 0.25) is 0 Å². The minimum Gasteiger partial charge on any atom is -0.397 e. The molecule has 0 aromatic rings. The highest BCUT2D eigenvalue weighted by atomic mass is 16.4. The summed E-state index contributed by atoms with van der Waals surface area (Å²) in [5, 5.41) is 94.8. The molecule has 0 bridgehead atoms. The molecule has 0 saturated heterocycles. The second-order valence-corrected chi connectivity index (χ2v) is 4.01. The SMILES string of the molecule is CCO.CCO.CCO.OCC(O)CO.OCC(O)CO.OCC(O)CO. The van der Waals surface area contributed by atoms with Crippen LogP contribution in [-0.4, -0.2) is 139 Å². The molecule has 12 nitrogen and oxygen atoms in total. The van der Waals surface area contributed by atoms with Gasteiger partial charge in [0.15, 0.2) is 0 Å². The molecule has 0 unspecified atom stereocenters. The van der Waals surface area contributed by atoms with E-state index in [0.29, 0.717) is 0 Å². The van der Waals surface area contributed by atoms with Crippen molar-refractivity contribution in [3.05, 3.63) is 0 Å². The average Bonchev–Trinajstić information content (AvgIpc) is 2.68. The van der Waals surface area contributed by atoms with Gasteiger partial charge in [-0.25, -0.2) is 0 Å². The lowest BCUT2D eigenvalue weighted by molar-refractivity contribution is 0.0450. The highest BCUT2D eigenvalue weighted by Crippen LogP contribution is 1.72. The average molecular weight is 414 g/mol. The van der Waals surface area contributed by atoms with Gasteiger partial charge in [-0.3, -0.25) is 0 Å². The maximum absolute atomic E-state index is 8.17. The van der Waals surface area contributed by atoms with Crippen LogP contribution >= 0.6 is 0 Å². The van der Waals surface area contributed by atoms with E-state index in [2.05, 4.69) is 0 Å². The summed E-state index contributed by atoms with van der Waals surface area (Å²) in [4.78, 5) is 0. The summed E-state index contributed by atoms with van der Waals surface area (Å²) in [6.45, 7) is 3.60. The van der Waals surface area contributed by atoms with Crippen molar-refractivity contribution >= 4 is 0 Å². The summed E-state index contributed by atoms with van der Waals surface area (Å²) in [6, 6.07) is 0. The van der Waals surface area contributed by atoms with Crippen molar-refractivity contribution in [3.8, 4) is 0 Å². The van der Waals surface area contributed by atoms with E-state index in [0.717, 1.165) is 0 Å². The normalized spacial score (nSPS) is 8.67. The number of aliphatic hydroxyl groups excluding tert-OH is 12. The lowest BCUT2D eigenvalue weighted by Gasteiger charge is -1.96. The van der Waals surface area contributed by atoms with Crippen molar-refractivity contribution < 1.29 is 61.3 Å². The number of hydrogen-bond acceptors (Lipinski definition) is 12. The second-order valence-electron chi connectivity index (χ2n) is 4.01. The predicted octanol–water partition coefficient (Wildman–Crippen LogP) is -5.01. The fraction of sp³-hybridized carbons (Fsp3) is 1.00. The lowest BCUT2D eigenvalue weighted by atomic mass is 10.4. The van der Waals surface area contributed by atoms with Crippen LogP contribution in [0.15, 0.2) is 0 Å². The zero-order valence-electron chi connectivity index (χ0n) is 16.5. The van der Waals surface area contributed by atoms with Gasteiger partial charge in [0.05, 0.1) is 39.6 Å². The van der Waals surface area contributed by atoms with Gasteiger partial charge in [0.25, 0.3) is 0 Å². The van der Waals surface area contributed by atoms with Crippen LogP contribution in [0.5, 0.6) is 0 Å². The van der Waals surface area contributed by atoms with Crippen LogP contribution in [0.2, 0.25) is 0 Å². The number of hydrogen-bond donors (Lipinski definition) is 12. The summed E-state index contributed by atoms with van der Waals surface area (Å²) in [6.07, 6.45) is -2.86. The summed E-state index contributed by atoms with van der Waals surface area (Å²) in [5.41, 5.74) is 0. The maximum Gasteiger partial charge on any atom is 0.100 e. The van der Waals surface area contributed by atoms with E-state index >= 15 is 0 Å². The Balaban J connectivity index is -0.0000000506. The highest BCUT2D eigenvalue weighted by Gasteiger charge is 1.94. The third kappa shape index (κ3) is 106. The molecular weight excluding hydrogens is 372 g/mol. The Hall–Kier alpha value is -0.480. The first-order valence-electron chi connectivity index (χ1n) is 8.19. The number of rotatable bonds is 6. The molecule has 0 amide bonds. The van der Waals surface area contributed by atoms with Gasteiger partial charge < -0.3 is 61.3 Å². The first kappa shape index (κ1) is 41.0. The van der Waals surface area contributed by atoms with Crippen LogP contribution < -0.4 is 0 Å². The van der Waals surface area contributed by atoms with Crippen molar-refractivity contribution in [3.63, 3.8) is 0 Å². The molecule has 0 radical (unpaired) electrons. The molecule has 0 atom stereocenters. The van der Waals surface area contributed by atoms with Crippen molar-refractivity contribution in [1.82, 2.24) is 0 Å². The Morgan fingerprint density at radius 1 is 0.370 bits per heavy atom. The summed E-state index contributed by atoms with van der Waals surface area (Å²) in [5.74, 6) is 0. The van der Waals surface area contributed by atoms with Gasteiger partial charge in [0.1, 0.15) is 18.3 Å². The van der Waals surface area contributed by atoms with Gasteiger partial charge in [0, 0.05) is 19.8 Å². The van der Waals surface area contributed by atoms with E-state index in [1.807, 2.05) is 0 Å². The van der Waals surface area contributed by atoms with Crippen LogP contribution in [0.3, 0.4) is 0 Å². The highest BCUT2D eigenvalue weighted by molar-refractivity contribution is 4.44. The molecule has 0 spiro atoms. The van der Waals surface area contributed by atoms with Gasteiger partial charge in [-0.1, -0.05) is 0 Å². The Kier molecular flexibility index (Phi) is 75.9. The zero-order valence-corrected chi connectivity index (χ0v) is 16.5. The van der Waals surface area contributed by atoms with E-state index in [-0.39, 0.29) is 59.5 Å². The van der Waals surface area contributed by atoms with Gasteiger partial charge in [-0.2, -0.15) is 0 Å². The molecule has 0 aliphatic carbocycles. The molecule has 0 aromatic heterocycles. The molecule has 0 rings (SSSR count). The molecule has 0 aliphatic heterocycles. The van der Waals surface area contributed by atoms with Crippen LogP contribution in [0.4, 0.5) is 0 Å². The first-order chi connectivity index (χ1) is 12.7. The minimum atomic E-state index is -0.954. The third-order valence-electron chi connectivity index (χ3n) is 1.26. The Bertz CT molecular complexity index is 136. The molecular formula is C15H42O12. The van der Waals surface area contributed by atoms with E-state index in [1.54, 1.807) is 20.8 Å². The molecule has 0 heterocycles. The Morgan fingerprint density at radius 2 is 0.444 bits per heavy atom. The Labute approximate surface area is 160 Å². The number of aliphatic hydroxyl groups is 12. The molecule has 12 N–H and O–H groups in total. The smallest absolute Gasteiger partial charge is 0.100 e. The van der Waals surface area contributed by atoms with Crippen molar-refractivity contribution in [1.29, 1.82) is 0 Å². The van der Waals surface area contributed by atoms with Crippen LogP contribution in [-0.2, 0) is 0 Å². The molecule has 27 heavy (non-hydrogen) atoms. The summed E-state index contributed by atoms with van der Waals surface area (Å²) in [7, 11) is 0. The molecule has 12 heteroatoms. The second kappa shape index (κ2) is 50.0. The molecule has 0 fully saturated rings. The maximum atomic E-state index is 8.17. The van der Waals surface area contributed by atoms with Gasteiger partial charge in [-0.05, 0) is 20.8 Å². The standard InChI is InChI=1S/3C3H8O3.3C2H6O/c3*4-1-3(6)2-5;3*1-2-3/h3*3-6H,1-2H2;3*3H,2H2,1H3. The largest absolute Gasteiger partial charge is 0.397 e. The van der Waals surface area contributed by atoms with E-state index in [1.165, 1.54) is 0 Å². The van der Waals surface area contributed by atoms with Crippen LogP contribution in [0.1, 0.15) is 20.8 Å². The topological polar surface area (TPSA) is 243 Å². The minimum absolute atomic E-state index is 0.250. The predicted molar refractivity (Wildman–Crippen MR) is 98.8 cm³/mol. The van der Waals surface area contributed by atoms with E-state index in [4.69, 9.17) is 61.3 Å². The zero-order chi connectivity index (χ0) is 23.1. The quantitative estimate of drug-likeness (QED) is 0.195. The monoisotopic (exact) mass is 414 g/mol. The van der Waals surface area contributed by atoms with Crippen molar-refractivity contribution in [2.75, 3.05) is 59.5 Å². The van der Waals surface area contributed by atoms with Gasteiger partial charge in [-0.15, -0.1) is 0 Å².